The van der Waals surface area contributed by atoms with Crippen molar-refractivity contribution >= 4 is 5.97 Å². The van der Waals surface area contributed by atoms with E-state index in [0.717, 1.165) is 12.0 Å². The minimum absolute atomic E-state index is 0.00317. The SMILES string of the molecule is CCOC(=O)CC1CC1c1cc(F)c(OCc2ccccc2)c(F)c1. The Balaban J connectivity index is 1.64. The molecule has 2 aromatic carbocycles. The third-order valence-electron chi connectivity index (χ3n) is 4.33. The summed E-state index contributed by atoms with van der Waals surface area (Å²) in [7, 11) is 0. The molecule has 2 unspecified atom stereocenters. The third-order valence-corrected chi connectivity index (χ3v) is 4.33. The fourth-order valence-corrected chi connectivity index (χ4v) is 2.98. The van der Waals surface area contributed by atoms with Crippen LogP contribution in [0.25, 0.3) is 0 Å². The molecule has 0 N–H and O–H groups in total. The Kier molecular flexibility index (Phi) is 5.31. The van der Waals surface area contributed by atoms with E-state index in [1.807, 2.05) is 30.3 Å². The van der Waals surface area contributed by atoms with Crippen LogP contribution in [0.2, 0.25) is 0 Å². The maximum Gasteiger partial charge on any atom is 0.306 e. The highest BCUT2D eigenvalue weighted by atomic mass is 19.1. The predicted molar refractivity (Wildman–Crippen MR) is 89.2 cm³/mol. The average molecular weight is 346 g/mol. The first kappa shape index (κ1) is 17.4. The average Bonchev–Trinajstić information content (AvgIpc) is 3.34. The number of halogens is 2. The van der Waals surface area contributed by atoms with Crippen molar-refractivity contribution < 1.29 is 23.0 Å². The van der Waals surface area contributed by atoms with Gasteiger partial charge in [-0.05, 0) is 48.4 Å². The lowest BCUT2D eigenvalue weighted by Gasteiger charge is -2.10. The van der Waals surface area contributed by atoms with Gasteiger partial charge in [-0.2, -0.15) is 0 Å². The smallest absolute Gasteiger partial charge is 0.306 e. The summed E-state index contributed by atoms with van der Waals surface area (Å²) in [6.07, 6.45) is 1.02. The number of benzene rings is 2. The molecule has 0 radical (unpaired) electrons. The highest BCUT2D eigenvalue weighted by Gasteiger charge is 2.40. The molecule has 0 heterocycles. The van der Waals surface area contributed by atoms with Gasteiger partial charge in [0.1, 0.15) is 6.61 Å². The van der Waals surface area contributed by atoms with Crippen LogP contribution in [0.15, 0.2) is 42.5 Å². The van der Waals surface area contributed by atoms with Gasteiger partial charge in [-0.15, -0.1) is 0 Å². The van der Waals surface area contributed by atoms with Crippen LogP contribution < -0.4 is 4.74 Å². The number of hydrogen-bond donors (Lipinski definition) is 0. The molecule has 0 amide bonds. The second kappa shape index (κ2) is 7.64. The predicted octanol–water partition coefficient (Wildman–Crippen LogP) is 4.60. The second-order valence-electron chi connectivity index (χ2n) is 6.20. The van der Waals surface area contributed by atoms with Crippen LogP contribution in [0.4, 0.5) is 8.78 Å². The van der Waals surface area contributed by atoms with E-state index in [0.29, 0.717) is 12.2 Å². The maximum absolute atomic E-state index is 14.3. The summed E-state index contributed by atoms with van der Waals surface area (Å²) in [5.41, 5.74) is 1.40. The summed E-state index contributed by atoms with van der Waals surface area (Å²) in [6.45, 7) is 2.19. The van der Waals surface area contributed by atoms with Crippen molar-refractivity contribution in [1.29, 1.82) is 0 Å². The summed E-state index contributed by atoms with van der Waals surface area (Å²) in [5.74, 6) is -1.97. The molecule has 2 aromatic rings. The number of carbonyl (C=O) groups excluding carboxylic acids is 1. The molecule has 3 rings (SSSR count). The maximum atomic E-state index is 14.3. The molecule has 3 nitrogen and oxygen atoms in total. The van der Waals surface area contributed by atoms with Crippen LogP contribution in [-0.2, 0) is 16.1 Å². The zero-order valence-corrected chi connectivity index (χ0v) is 14.0. The van der Waals surface area contributed by atoms with Gasteiger partial charge < -0.3 is 9.47 Å². The van der Waals surface area contributed by atoms with Gasteiger partial charge in [-0.1, -0.05) is 30.3 Å². The minimum Gasteiger partial charge on any atom is -0.483 e. The Labute approximate surface area is 145 Å². The quantitative estimate of drug-likeness (QED) is 0.687. The van der Waals surface area contributed by atoms with Gasteiger partial charge in [-0.25, -0.2) is 8.78 Å². The van der Waals surface area contributed by atoms with Crippen molar-refractivity contribution in [3.63, 3.8) is 0 Å². The highest BCUT2D eigenvalue weighted by molar-refractivity contribution is 5.70. The minimum atomic E-state index is -0.715. The van der Waals surface area contributed by atoms with E-state index in [4.69, 9.17) is 9.47 Å². The van der Waals surface area contributed by atoms with Gasteiger partial charge in [0.15, 0.2) is 17.4 Å². The molecular weight excluding hydrogens is 326 g/mol. The molecule has 1 fully saturated rings. The zero-order chi connectivity index (χ0) is 17.8. The molecule has 5 heteroatoms. The number of rotatable bonds is 7. The Hall–Kier alpha value is -2.43. The Morgan fingerprint density at radius 2 is 1.84 bits per heavy atom. The van der Waals surface area contributed by atoms with E-state index in [9.17, 15) is 13.6 Å². The summed E-state index contributed by atoms with van der Waals surface area (Å²) >= 11 is 0. The van der Waals surface area contributed by atoms with Crippen LogP contribution >= 0.6 is 0 Å². The Morgan fingerprint density at radius 1 is 1.16 bits per heavy atom. The van der Waals surface area contributed by atoms with Crippen molar-refractivity contribution in [3.05, 3.63) is 65.2 Å². The molecule has 132 valence electrons. The number of ether oxygens (including phenoxy) is 2. The summed E-state index contributed by atoms with van der Waals surface area (Å²) in [5, 5.41) is 0. The topological polar surface area (TPSA) is 35.5 Å². The van der Waals surface area contributed by atoms with E-state index in [2.05, 4.69) is 0 Å². The molecule has 0 bridgehead atoms. The van der Waals surface area contributed by atoms with Gasteiger partial charge >= 0.3 is 5.97 Å². The van der Waals surface area contributed by atoms with Crippen molar-refractivity contribution in [2.75, 3.05) is 6.61 Å². The standard InChI is InChI=1S/C20H20F2O3/c1-2-24-19(23)11-14-8-16(14)15-9-17(21)20(18(22)10-15)25-12-13-6-4-3-5-7-13/h3-7,9-10,14,16H,2,8,11-12H2,1H3. The normalized spacial score (nSPS) is 18.7. The van der Waals surface area contributed by atoms with Crippen molar-refractivity contribution in [2.24, 2.45) is 5.92 Å². The Morgan fingerprint density at radius 3 is 2.48 bits per heavy atom. The largest absolute Gasteiger partial charge is 0.483 e. The molecule has 0 spiro atoms. The lowest BCUT2D eigenvalue weighted by Crippen LogP contribution is -2.05. The lowest BCUT2D eigenvalue weighted by molar-refractivity contribution is -0.143. The van der Waals surface area contributed by atoms with Gasteiger partial charge in [0.2, 0.25) is 0 Å². The number of esters is 1. The first-order valence-electron chi connectivity index (χ1n) is 8.39. The van der Waals surface area contributed by atoms with E-state index in [-0.39, 0.29) is 36.6 Å². The Bertz CT molecular complexity index is 723. The van der Waals surface area contributed by atoms with Crippen molar-refractivity contribution in [3.8, 4) is 5.75 Å². The van der Waals surface area contributed by atoms with E-state index >= 15 is 0 Å². The van der Waals surface area contributed by atoms with Gasteiger partial charge in [0.05, 0.1) is 6.61 Å². The van der Waals surface area contributed by atoms with Gasteiger partial charge in [0, 0.05) is 6.42 Å². The zero-order valence-electron chi connectivity index (χ0n) is 14.0. The summed E-state index contributed by atoms with van der Waals surface area (Å²) < 4.78 is 38.7. The molecule has 1 aliphatic rings. The first-order valence-corrected chi connectivity index (χ1v) is 8.39. The van der Waals surface area contributed by atoms with E-state index in [1.165, 1.54) is 12.1 Å². The van der Waals surface area contributed by atoms with Crippen molar-refractivity contribution in [1.82, 2.24) is 0 Å². The fraction of sp³-hybridized carbons (Fsp3) is 0.350. The second-order valence-corrected chi connectivity index (χ2v) is 6.20. The van der Waals surface area contributed by atoms with E-state index < -0.39 is 11.6 Å². The van der Waals surface area contributed by atoms with Gasteiger partial charge in [-0.3, -0.25) is 4.79 Å². The first-order chi connectivity index (χ1) is 12.1. The van der Waals surface area contributed by atoms with E-state index in [1.54, 1.807) is 6.92 Å². The molecule has 25 heavy (non-hydrogen) atoms. The van der Waals surface area contributed by atoms with Crippen LogP contribution in [0.5, 0.6) is 5.75 Å². The number of carbonyl (C=O) groups is 1. The third kappa shape index (κ3) is 4.35. The van der Waals surface area contributed by atoms with Crippen LogP contribution in [0, 0.1) is 17.6 Å². The lowest BCUT2D eigenvalue weighted by atomic mass is 10.1. The van der Waals surface area contributed by atoms with Crippen LogP contribution in [0.1, 0.15) is 36.8 Å². The molecular formula is C20H20F2O3. The number of hydrogen-bond acceptors (Lipinski definition) is 3. The monoisotopic (exact) mass is 346 g/mol. The molecule has 0 aliphatic heterocycles. The molecule has 1 aliphatic carbocycles. The molecule has 0 aromatic heterocycles. The molecule has 0 saturated heterocycles. The highest BCUT2D eigenvalue weighted by Crippen LogP contribution is 2.50. The fourth-order valence-electron chi connectivity index (χ4n) is 2.98. The summed E-state index contributed by atoms with van der Waals surface area (Å²) in [6, 6.07) is 11.8. The van der Waals surface area contributed by atoms with Crippen molar-refractivity contribution in [2.45, 2.75) is 32.3 Å². The summed E-state index contributed by atoms with van der Waals surface area (Å²) in [4.78, 5) is 11.5. The van der Waals surface area contributed by atoms with Crippen LogP contribution in [0.3, 0.4) is 0 Å². The molecule has 2 atom stereocenters. The molecule has 1 saturated carbocycles. The van der Waals surface area contributed by atoms with Gasteiger partial charge in [0.25, 0.3) is 0 Å². The van der Waals surface area contributed by atoms with Crippen LogP contribution in [-0.4, -0.2) is 12.6 Å².